The van der Waals surface area contributed by atoms with E-state index in [1.807, 2.05) is 0 Å². The molecule has 4 aromatic rings. The predicted octanol–water partition coefficient (Wildman–Crippen LogP) is 4.46. The molecule has 0 unspecified atom stereocenters. The van der Waals surface area contributed by atoms with E-state index in [-0.39, 0.29) is 28.4 Å². The van der Waals surface area contributed by atoms with Gasteiger partial charge in [0.25, 0.3) is 11.5 Å². The van der Waals surface area contributed by atoms with Crippen molar-refractivity contribution in [3.05, 3.63) is 99.5 Å². The van der Waals surface area contributed by atoms with Crippen LogP contribution in [0.15, 0.2) is 75.0 Å². The number of sulfone groups is 1. The Morgan fingerprint density at radius 2 is 1.76 bits per heavy atom. The summed E-state index contributed by atoms with van der Waals surface area (Å²) in [6, 6.07) is 11.4. The van der Waals surface area contributed by atoms with Crippen LogP contribution in [0.1, 0.15) is 33.1 Å². The van der Waals surface area contributed by atoms with Gasteiger partial charge in [0.1, 0.15) is 17.5 Å². The lowest BCUT2D eigenvalue weighted by Gasteiger charge is -2.17. The summed E-state index contributed by atoms with van der Waals surface area (Å²) in [6.45, 7) is 3.11. The third-order valence-electron chi connectivity index (χ3n) is 5.82. The fourth-order valence-electron chi connectivity index (χ4n) is 3.88. The van der Waals surface area contributed by atoms with Crippen molar-refractivity contribution in [2.45, 2.75) is 31.5 Å². The van der Waals surface area contributed by atoms with Crippen LogP contribution in [-0.4, -0.2) is 30.1 Å². The first-order chi connectivity index (χ1) is 17.8. The Balaban J connectivity index is 1.77. The minimum Gasteiger partial charge on any atom is -0.449 e. The van der Waals surface area contributed by atoms with E-state index in [4.69, 9.17) is 4.42 Å². The van der Waals surface area contributed by atoms with Crippen molar-refractivity contribution in [2.75, 3.05) is 6.26 Å². The normalized spacial score (nSPS) is 11.9. The number of nitrogens with zero attached hydrogens (tertiary/aromatic N) is 2. The molecule has 0 aliphatic heterocycles. The van der Waals surface area contributed by atoms with Crippen molar-refractivity contribution in [3.63, 3.8) is 0 Å². The summed E-state index contributed by atoms with van der Waals surface area (Å²) in [5, 5.41) is 2.61. The SMILES string of the molecule is Cc1nc(-c2cc(C(=O)NCc3ccc(S(C)(=O)=O)cc3)c(=O)n(-c3cccc(C(F)(F)F)c3)c2C)co1. The number of hydrogen-bond donors (Lipinski definition) is 1. The maximum absolute atomic E-state index is 13.5. The third kappa shape index (κ3) is 5.54. The zero-order valence-electron chi connectivity index (χ0n) is 20.5. The van der Waals surface area contributed by atoms with Gasteiger partial charge in [0.05, 0.1) is 10.5 Å². The Hall–Kier alpha value is -4.19. The summed E-state index contributed by atoms with van der Waals surface area (Å²) < 4.78 is 69.8. The van der Waals surface area contributed by atoms with Crippen LogP contribution < -0.4 is 10.9 Å². The fraction of sp³-hybridized carbons (Fsp3) is 0.192. The lowest BCUT2D eigenvalue weighted by Crippen LogP contribution is -2.33. The van der Waals surface area contributed by atoms with Gasteiger partial charge < -0.3 is 9.73 Å². The number of carbonyl (C=O) groups is 1. The summed E-state index contributed by atoms with van der Waals surface area (Å²) in [5.74, 6) is -0.454. The second-order valence-electron chi connectivity index (χ2n) is 8.60. The molecule has 12 heteroatoms. The average molecular weight is 546 g/mol. The van der Waals surface area contributed by atoms with E-state index in [2.05, 4.69) is 10.3 Å². The molecule has 2 aromatic heterocycles. The van der Waals surface area contributed by atoms with Crippen LogP contribution in [0.5, 0.6) is 0 Å². The van der Waals surface area contributed by atoms with Gasteiger partial charge in [0.2, 0.25) is 0 Å². The number of amides is 1. The van der Waals surface area contributed by atoms with E-state index in [9.17, 15) is 31.2 Å². The molecule has 38 heavy (non-hydrogen) atoms. The number of carbonyl (C=O) groups excluding carboxylic acids is 1. The molecular formula is C26H22F3N3O5S. The molecule has 0 aliphatic carbocycles. The minimum absolute atomic E-state index is 0.0296. The van der Waals surface area contributed by atoms with Crippen molar-refractivity contribution < 1.29 is 30.8 Å². The molecule has 0 saturated carbocycles. The minimum atomic E-state index is -4.64. The van der Waals surface area contributed by atoms with Crippen LogP contribution in [0, 0.1) is 13.8 Å². The van der Waals surface area contributed by atoms with Crippen molar-refractivity contribution in [3.8, 4) is 16.9 Å². The first-order valence-electron chi connectivity index (χ1n) is 11.2. The van der Waals surface area contributed by atoms with Gasteiger partial charge in [-0.15, -0.1) is 0 Å². The number of benzene rings is 2. The van der Waals surface area contributed by atoms with Gasteiger partial charge in [-0.2, -0.15) is 13.2 Å². The highest BCUT2D eigenvalue weighted by Crippen LogP contribution is 2.31. The molecule has 0 bridgehead atoms. The van der Waals surface area contributed by atoms with E-state index in [0.29, 0.717) is 22.7 Å². The quantitative estimate of drug-likeness (QED) is 0.383. The molecule has 8 nitrogen and oxygen atoms in total. The molecule has 1 amide bonds. The topological polar surface area (TPSA) is 111 Å². The number of oxazole rings is 1. The molecule has 2 heterocycles. The fourth-order valence-corrected chi connectivity index (χ4v) is 4.51. The highest BCUT2D eigenvalue weighted by Gasteiger charge is 2.31. The summed E-state index contributed by atoms with van der Waals surface area (Å²) >= 11 is 0. The first-order valence-corrected chi connectivity index (χ1v) is 13.1. The molecule has 0 aliphatic rings. The molecule has 4 rings (SSSR count). The number of aromatic nitrogens is 2. The molecule has 0 saturated heterocycles. The van der Waals surface area contributed by atoms with Gasteiger partial charge in [-0.25, -0.2) is 13.4 Å². The second kappa shape index (κ2) is 9.93. The van der Waals surface area contributed by atoms with E-state index >= 15 is 0 Å². The summed E-state index contributed by atoms with van der Waals surface area (Å²) in [4.78, 5) is 30.9. The van der Waals surface area contributed by atoms with Gasteiger partial charge in [-0.05, 0) is 48.9 Å². The largest absolute Gasteiger partial charge is 0.449 e. The molecule has 1 N–H and O–H groups in total. The van der Waals surface area contributed by atoms with Crippen LogP contribution in [0.3, 0.4) is 0 Å². The van der Waals surface area contributed by atoms with Crippen molar-refractivity contribution in [1.82, 2.24) is 14.9 Å². The van der Waals surface area contributed by atoms with Gasteiger partial charge in [-0.3, -0.25) is 14.2 Å². The van der Waals surface area contributed by atoms with E-state index in [1.54, 1.807) is 6.92 Å². The number of aryl methyl sites for hydroxylation is 1. The Kier molecular flexibility index (Phi) is 7.02. The van der Waals surface area contributed by atoms with Crippen molar-refractivity contribution >= 4 is 15.7 Å². The number of pyridine rings is 1. The van der Waals surface area contributed by atoms with Crippen LogP contribution >= 0.6 is 0 Å². The van der Waals surface area contributed by atoms with Gasteiger partial charge >= 0.3 is 6.18 Å². The Morgan fingerprint density at radius 3 is 2.34 bits per heavy atom. The zero-order chi connectivity index (χ0) is 27.8. The number of nitrogens with one attached hydrogen (secondary N) is 1. The van der Waals surface area contributed by atoms with Gasteiger partial charge in [-0.1, -0.05) is 18.2 Å². The van der Waals surface area contributed by atoms with Crippen molar-refractivity contribution in [1.29, 1.82) is 0 Å². The third-order valence-corrected chi connectivity index (χ3v) is 6.95. The second-order valence-corrected chi connectivity index (χ2v) is 10.6. The molecule has 2 aromatic carbocycles. The van der Waals surface area contributed by atoms with E-state index in [0.717, 1.165) is 23.0 Å². The molecule has 0 spiro atoms. The average Bonchev–Trinajstić information content (AvgIpc) is 3.28. The number of alkyl halides is 3. The predicted molar refractivity (Wildman–Crippen MR) is 133 cm³/mol. The standard InChI is InChI=1S/C26H22F3N3O5S/c1-15-21(23-14-37-16(2)31-23)12-22(24(33)30-13-17-7-9-20(10-8-17)38(3,35)36)25(34)32(15)19-6-4-5-18(11-19)26(27,28)29/h4-12,14H,13H2,1-3H3,(H,30,33). The van der Waals surface area contributed by atoms with Gasteiger partial charge in [0.15, 0.2) is 15.7 Å². The Morgan fingerprint density at radius 1 is 1.08 bits per heavy atom. The Bertz CT molecular complexity index is 1690. The maximum atomic E-state index is 13.5. The Labute approximate surface area is 215 Å². The molecule has 0 radical (unpaired) electrons. The monoisotopic (exact) mass is 545 g/mol. The highest BCUT2D eigenvalue weighted by atomic mass is 32.2. The lowest BCUT2D eigenvalue weighted by atomic mass is 10.1. The smallest absolute Gasteiger partial charge is 0.416 e. The maximum Gasteiger partial charge on any atom is 0.416 e. The highest BCUT2D eigenvalue weighted by molar-refractivity contribution is 7.90. The van der Waals surface area contributed by atoms with Crippen LogP contribution in [0.25, 0.3) is 16.9 Å². The molecule has 0 fully saturated rings. The summed E-state index contributed by atoms with van der Waals surface area (Å²) in [7, 11) is -3.39. The molecular weight excluding hydrogens is 523 g/mol. The lowest BCUT2D eigenvalue weighted by molar-refractivity contribution is -0.137. The first kappa shape index (κ1) is 26.9. The molecule has 198 valence electrons. The van der Waals surface area contributed by atoms with Crippen LogP contribution in [0.4, 0.5) is 13.2 Å². The number of halogens is 3. The van der Waals surface area contributed by atoms with Crippen molar-refractivity contribution in [2.24, 2.45) is 0 Å². The zero-order valence-corrected chi connectivity index (χ0v) is 21.3. The summed E-state index contributed by atoms with van der Waals surface area (Å²) in [6.07, 6.45) is -2.24. The number of rotatable bonds is 6. The van der Waals surface area contributed by atoms with Crippen LogP contribution in [-0.2, 0) is 22.6 Å². The van der Waals surface area contributed by atoms with Gasteiger partial charge in [0, 0.05) is 36.7 Å². The molecule has 0 atom stereocenters. The van der Waals surface area contributed by atoms with Crippen LogP contribution in [0.2, 0.25) is 0 Å². The van der Waals surface area contributed by atoms with E-state index < -0.39 is 33.0 Å². The number of hydrogen-bond acceptors (Lipinski definition) is 6. The summed E-state index contributed by atoms with van der Waals surface area (Å²) in [5.41, 5.74) is -0.721. The van der Waals surface area contributed by atoms with E-state index in [1.165, 1.54) is 55.7 Å².